The maximum Gasteiger partial charge on any atom is 0.0977 e. The molecular weight excluding hydrogens is 186 g/mol. The molecule has 80 valence electrons. The van der Waals surface area contributed by atoms with Crippen LogP contribution in [-0.2, 0) is 5.60 Å². The van der Waals surface area contributed by atoms with Crippen LogP contribution in [0.25, 0.3) is 0 Å². The average Bonchev–Trinajstić information content (AvgIpc) is 2.63. The molecule has 0 spiro atoms. The predicted molar refractivity (Wildman–Crippen MR) is 58.4 cm³/mol. The number of nitrogens with zero attached hydrogens (tertiary/aromatic N) is 1. The molecule has 2 saturated carbocycles. The molecule has 2 aliphatic carbocycles. The van der Waals surface area contributed by atoms with Crippen LogP contribution in [0.3, 0.4) is 0 Å². The third-order valence-corrected chi connectivity index (χ3v) is 4.19. The maximum absolute atomic E-state index is 10.6. The van der Waals surface area contributed by atoms with E-state index >= 15 is 0 Å². The van der Waals surface area contributed by atoms with E-state index in [-0.39, 0.29) is 0 Å². The monoisotopic (exact) mass is 203 g/mol. The summed E-state index contributed by atoms with van der Waals surface area (Å²) >= 11 is 0. The van der Waals surface area contributed by atoms with Gasteiger partial charge in [-0.05, 0) is 44.6 Å². The van der Waals surface area contributed by atoms with Crippen molar-refractivity contribution in [1.82, 2.24) is 4.98 Å². The molecule has 0 aliphatic heterocycles. The van der Waals surface area contributed by atoms with Crippen molar-refractivity contribution >= 4 is 0 Å². The highest BCUT2D eigenvalue weighted by Gasteiger charge is 2.66. The van der Waals surface area contributed by atoms with Gasteiger partial charge in [-0.1, -0.05) is 12.5 Å². The highest BCUT2D eigenvalue weighted by atomic mass is 16.3. The predicted octanol–water partition coefficient (Wildman–Crippen LogP) is 2.32. The second-order valence-electron chi connectivity index (χ2n) is 5.05. The van der Waals surface area contributed by atoms with E-state index in [9.17, 15) is 5.11 Å². The van der Waals surface area contributed by atoms with Crippen molar-refractivity contribution in [1.29, 1.82) is 0 Å². The lowest BCUT2D eigenvalue weighted by Crippen LogP contribution is -2.15. The Morgan fingerprint density at radius 3 is 2.53 bits per heavy atom. The molecule has 1 aromatic rings. The van der Waals surface area contributed by atoms with E-state index in [4.69, 9.17) is 0 Å². The molecule has 2 heteroatoms. The minimum atomic E-state index is -0.525. The summed E-state index contributed by atoms with van der Waals surface area (Å²) in [5, 5.41) is 10.6. The first-order valence-electron chi connectivity index (χ1n) is 5.81. The number of pyridine rings is 1. The molecule has 0 aromatic carbocycles. The Hall–Kier alpha value is -0.890. The second-order valence-corrected chi connectivity index (χ2v) is 5.05. The molecule has 2 aliphatic rings. The van der Waals surface area contributed by atoms with Gasteiger partial charge in [0.2, 0.25) is 0 Å². The quantitative estimate of drug-likeness (QED) is 0.759. The number of fused-ring (bicyclic) bond motifs is 1. The molecule has 0 bridgehead atoms. The van der Waals surface area contributed by atoms with Gasteiger partial charge in [0, 0.05) is 17.0 Å². The van der Waals surface area contributed by atoms with E-state index in [1.165, 1.54) is 19.3 Å². The van der Waals surface area contributed by atoms with Crippen LogP contribution in [0, 0.1) is 25.7 Å². The Morgan fingerprint density at radius 1 is 1.27 bits per heavy atom. The molecule has 1 heterocycles. The summed E-state index contributed by atoms with van der Waals surface area (Å²) in [6.45, 7) is 4.00. The molecule has 15 heavy (non-hydrogen) atoms. The van der Waals surface area contributed by atoms with E-state index in [0.29, 0.717) is 11.8 Å². The lowest BCUT2D eigenvalue weighted by atomic mass is 9.98. The zero-order valence-electron chi connectivity index (χ0n) is 9.33. The molecule has 2 fully saturated rings. The normalized spacial score (nSPS) is 37.8. The fraction of sp³-hybridized carbons (Fsp3) is 0.615. The van der Waals surface area contributed by atoms with E-state index in [0.717, 1.165) is 17.0 Å². The number of aliphatic hydroxyl groups is 1. The third-order valence-electron chi connectivity index (χ3n) is 4.19. The van der Waals surface area contributed by atoms with E-state index < -0.39 is 5.60 Å². The molecule has 3 rings (SSSR count). The highest BCUT2D eigenvalue weighted by Crippen LogP contribution is 2.66. The summed E-state index contributed by atoms with van der Waals surface area (Å²) in [6.07, 6.45) is 3.67. The Labute approximate surface area is 90.4 Å². The van der Waals surface area contributed by atoms with Gasteiger partial charge in [-0.25, -0.2) is 0 Å². The average molecular weight is 203 g/mol. The number of hydrogen-bond acceptors (Lipinski definition) is 2. The van der Waals surface area contributed by atoms with E-state index in [2.05, 4.69) is 11.1 Å². The van der Waals surface area contributed by atoms with Gasteiger partial charge in [-0.2, -0.15) is 0 Å². The van der Waals surface area contributed by atoms with Gasteiger partial charge < -0.3 is 5.11 Å². The molecule has 2 unspecified atom stereocenters. The first-order valence-corrected chi connectivity index (χ1v) is 5.81. The Morgan fingerprint density at radius 2 is 1.93 bits per heavy atom. The van der Waals surface area contributed by atoms with Crippen LogP contribution < -0.4 is 0 Å². The lowest BCUT2D eigenvalue weighted by Gasteiger charge is -2.16. The summed E-state index contributed by atoms with van der Waals surface area (Å²) < 4.78 is 0. The smallest absolute Gasteiger partial charge is 0.0977 e. The first kappa shape index (κ1) is 9.34. The molecule has 0 amide bonds. The fourth-order valence-electron chi connectivity index (χ4n) is 3.43. The van der Waals surface area contributed by atoms with Crippen LogP contribution in [0.5, 0.6) is 0 Å². The van der Waals surface area contributed by atoms with E-state index in [1.807, 2.05) is 19.9 Å². The zero-order valence-corrected chi connectivity index (χ0v) is 9.33. The molecule has 1 aromatic heterocycles. The van der Waals surface area contributed by atoms with Crippen molar-refractivity contribution < 1.29 is 5.11 Å². The molecule has 1 N–H and O–H groups in total. The van der Waals surface area contributed by atoms with Gasteiger partial charge in [0.05, 0.1) is 5.60 Å². The van der Waals surface area contributed by atoms with Crippen molar-refractivity contribution in [3.8, 4) is 0 Å². The third kappa shape index (κ3) is 1.11. The second kappa shape index (κ2) is 2.82. The van der Waals surface area contributed by atoms with Gasteiger partial charge in [0.25, 0.3) is 0 Å². The highest BCUT2D eigenvalue weighted by molar-refractivity contribution is 5.37. The Bertz CT molecular complexity index is 403. The summed E-state index contributed by atoms with van der Waals surface area (Å²) in [5.41, 5.74) is 2.59. The standard InChI is InChI=1S/C13H17NO/c1-8-6-7-10(9(2)14-8)13(15)11-4-3-5-12(11)13/h6-7,11-12,15H,3-5H2,1-2H3. The van der Waals surface area contributed by atoms with Crippen molar-refractivity contribution in [2.45, 2.75) is 38.7 Å². The summed E-state index contributed by atoms with van der Waals surface area (Å²) in [7, 11) is 0. The van der Waals surface area contributed by atoms with Gasteiger partial charge in [0.1, 0.15) is 0 Å². The zero-order chi connectivity index (χ0) is 10.6. The van der Waals surface area contributed by atoms with Crippen LogP contribution in [0.1, 0.15) is 36.2 Å². The topological polar surface area (TPSA) is 33.1 Å². The van der Waals surface area contributed by atoms with Crippen molar-refractivity contribution in [2.75, 3.05) is 0 Å². The fourth-order valence-corrected chi connectivity index (χ4v) is 3.43. The van der Waals surface area contributed by atoms with Crippen LogP contribution in [-0.4, -0.2) is 10.1 Å². The van der Waals surface area contributed by atoms with E-state index in [1.54, 1.807) is 0 Å². The Kier molecular flexibility index (Phi) is 1.76. The first-order chi connectivity index (χ1) is 7.14. The van der Waals surface area contributed by atoms with Crippen molar-refractivity contribution in [3.05, 3.63) is 29.1 Å². The van der Waals surface area contributed by atoms with Crippen LogP contribution in [0.15, 0.2) is 12.1 Å². The van der Waals surface area contributed by atoms with Crippen LogP contribution in [0.4, 0.5) is 0 Å². The van der Waals surface area contributed by atoms with Gasteiger partial charge >= 0.3 is 0 Å². The number of rotatable bonds is 1. The largest absolute Gasteiger partial charge is 0.384 e. The minimum absolute atomic E-state index is 0.515. The summed E-state index contributed by atoms with van der Waals surface area (Å²) in [4.78, 5) is 4.45. The van der Waals surface area contributed by atoms with Crippen LogP contribution >= 0.6 is 0 Å². The molecule has 2 atom stereocenters. The van der Waals surface area contributed by atoms with Crippen molar-refractivity contribution in [3.63, 3.8) is 0 Å². The summed E-state index contributed by atoms with van der Waals surface area (Å²) in [5.74, 6) is 1.03. The Balaban J connectivity index is 2.00. The van der Waals surface area contributed by atoms with Crippen LogP contribution in [0.2, 0.25) is 0 Å². The van der Waals surface area contributed by atoms with Gasteiger partial charge in [0.15, 0.2) is 0 Å². The minimum Gasteiger partial charge on any atom is -0.384 e. The number of hydrogen-bond donors (Lipinski definition) is 1. The van der Waals surface area contributed by atoms with Gasteiger partial charge in [-0.3, -0.25) is 4.98 Å². The molecular formula is C13H17NO. The summed E-state index contributed by atoms with van der Waals surface area (Å²) in [6, 6.07) is 4.07. The number of aryl methyl sites for hydroxylation is 2. The molecule has 0 saturated heterocycles. The van der Waals surface area contributed by atoms with Crippen molar-refractivity contribution in [2.24, 2.45) is 11.8 Å². The number of aromatic nitrogens is 1. The van der Waals surface area contributed by atoms with Gasteiger partial charge in [-0.15, -0.1) is 0 Å². The molecule has 0 radical (unpaired) electrons. The SMILES string of the molecule is Cc1ccc(C2(O)C3CCCC32)c(C)n1. The lowest BCUT2D eigenvalue weighted by molar-refractivity contribution is 0.104. The maximum atomic E-state index is 10.6. The molecule has 2 nitrogen and oxygen atoms in total.